The average Bonchev–Trinajstić information content (AvgIpc) is 3.32. The number of likely N-dealkylation sites (N-methyl/N-ethyl adjacent to an activating group) is 1. The molecule has 0 saturated carbocycles. The number of aromatic nitrogens is 2. The summed E-state index contributed by atoms with van der Waals surface area (Å²) in [5.41, 5.74) is 5.70. The van der Waals surface area contributed by atoms with Crippen LogP contribution in [0.2, 0.25) is 0 Å². The van der Waals surface area contributed by atoms with E-state index in [1.807, 2.05) is 17.8 Å². The summed E-state index contributed by atoms with van der Waals surface area (Å²) in [6.07, 6.45) is 10.3. The molecule has 140 valence electrons. The summed E-state index contributed by atoms with van der Waals surface area (Å²) in [6, 6.07) is 4.82. The lowest BCUT2D eigenvalue weighted by atomic mass is 9.94. The molecule has 2 aliphatic rings. The number of pyridine rings is 1. The third kappa shape index (κ3) is 4.08. The van der Waals surface area contributed by atoms with E-state index in [2.05, 4.69) is 54.0 Å². The molecular formula is C21H24N4S2. The first kappa shape index (κ1) is 18.6. The largest absolute Gasteiger partial charge is 0.300 e. The van der Waals surface area contributed by atoms with E-state index in [0.717, 1.165) is 35.7 Å². The molecule has 0 fully saturated rings. The third-order valence-corrected chi connectivity index (χ3v) is 7.51. The molecule has 0 saturated heterocycles. The summed E-state index contributed by atoms with van der Waals surface area (Å²) in [5, 5.41) is 1.07. The highest BCUT2D eigenvalue weighted by molar-refractivity contribution is 8.15. The lowest BCUT2D eigenvalue weighted by molar-refractivity contribution is 0.285. The van der Waals surface area contributed by atoms with Crippen molar-refractivity contribution in [3.8, 4) is 10.6 Å². The first-order valence-electron chi connectivity index (χ1n) is 9.27. The van der Waals surface area contributed by atoms with Gasteiger partial charge in [-0.25, -0.2) is 4.98 Å². The lowest BCUT2D eigenvalue weighted by Gasteiger charge is -2.29. The summed E-state index contributed by atoms with van der Waals surface area (Å²) in [4.78, 5) is 18.7. The molecule has 0 amide bonds. The highest BCUT2D eigenvalue weighted by atomic mass is 32.2. The van der Waals surface area contributed by atoms with Crippen molar-refractivity contribution in [1.29, 1.82) is 0 Å². The lowest BCUT2D eigenvalue weighted by Crippen LogP contribution is -2.34. The van der Waals surface area contributed by atoms with Crippen LogP contribution in [0.15, 0.2) is 52.1 Å². The topological polar surface area (TPSA) is 41.4 Å². The van der Waals surface area contributed by atoms with E-state index in [-0.39, 0.29) is 0 Å². The Morgan fingerprint density at radius 1 is 1.33 bits per heavy atom. The number of thioether (sulfide) groups is 1. The van der Waals surface area contributed by atoms with Crippen LogP contribution in [0.25, 0.3) is 10.6 Å². The summed E-state index contributed by atoms with van der Waals surface area (Å²) in [5.74, 6) is 0. The molecule has 4 nitrogen and oxygen atoms in total. The number of thiazole rings is 1. The molecule has 27 heavy (non-hydrogen) atoms. The maximum absolute atomic E-state index is 4.75. The molecule has 1 aliphatic heterocycles. The van der Waals surface area contributed by atoms with E-state index < -0.39 is 0 Å². The minimum absolute atomic E-state index is 0.358. The van der Waals surface area contributed by atoms with E-state index in [1.165, 1.54) is 15.4 Å². The maximum atomic E-state index is 4.75. The van der Waals surface area contributed by atoms with Crippen LogP contribution in [0.4, 0.5) is 0 Å². The molecule has 0 spiro atoms. The molecule has 3 heterocycles. The Morgan fingerprint density at radius 2 is 2.22 bits per heavy atom. The molecular weight excluding hydrogens is 372 g/mol. The van der Waals surface area contributed by atoms with Crippen LogP contribution in [0, 0.1) is 6.92 Å². The molecule has 6 heteroatoms. The number of nitrogens with zero attached hydrogens (tertiary/aromatic N) is 4. The van der Waals surface area contributed by atoms with Gasteiger partial charge in [0.15, 0.2) is 0 Å². The fraction of sp³-hybridized carbons (Fsp3) is 0.381. The Kier molecular flexibility index (Phi) is 5.57. The van der Waals surface area contributed by atoms with Crippen molar-refractivity contribution in [2.75, 3.05) is 13.6 Å². The van der Waals surface area contributed by atoms with Gasteiger partial charge in [0.25, 0.3) is 0 Å². The van der Waals surface area contributed by atoms with Gasteiger partial charge in [0.1, 0.15) is 5.01 Å². The second-order valence-electron chi connectivity index (χ2n) is 7.08. The van der Waals surface area contributed by atoms with Crippen molar-refractivity contribution in [3.63, 3.8) is 0 Å². The van der Waals surface area contributed by atoms with Crippen LogP contribution in [-0.4, -0.2) is 46.1 Å². The summed E-state index contributed by atoms with van der Waals surface area (Å²) >= 11 is 3.55. The molecule has 1 aliphatic carbocycles. The number of allylic oxidation sites excluding steroid dienone is 2. The Hall–Kier alpha value is -1.76. The van der Waals surface area contributed by atoms with Crippen LogP contribution in [0.3, 0.4) is 0 Å². The van der Waals surface area contributed by atoms with Crippen molar-refractivity contribution in [2.45, 2.75) is 38.8 Å². The van der Waals surface area contributed by atoms with Crippen molar-refractivity contribution in [3.05, 3.63) is 57.7 Å². The van der Waals surface area contributed by atoms with Crippen LogP contribution in [-0.2, 0) is 6.42 Å². The molecule has 0 radical (unpaired) electrons. The Labute approximate surface area is 169 Å². The van der Waals surface area contributed by atoms with E-state index in [9.17, 15) is 0 Å². The quantitative estimate of drug-likeness (QED) is 0.708. The zero-order valence-corrected chi connectivity index (χ0v) is 17.6. The first-order valence-corrected chi connectivity index (χ1v) is 11.0. The van der Waals surface area contributed by atoms with Gasteiger partial charge in [-0.3, -0.25) is 14.9 Å². The fourth-order valence-corrected chi connectivity index (χ4v) is 5.26. The van der Waals surface area contributed by atoms with E-state index >= 15 is 0 Å². The number of hydrogen-bond acceptors (Lipinski definition) is 6. The normalized spacial score (nSPS) is 19.8. The molecule has 2 atom stereocenters. The molecule has 2 unspecified atom stereocenters. The molecule has 0 aromatic carbocycles. The smallest absolute Gasteiger partial charge is 0.125 e. The van der Waals surface area contributed by atoms with Gasteiger partial charge in [-0.1, -0.05) is 29.5 Å². The van der Waals surface area contributed by atoms with E-state index in [0.29, 0.717) is 12.1 Å². The van der Waals surface area contributed by atoms with Gasteiger partial charge < -0.3 is 0 Å². The van der Waals surface area contributed by atoms with Gasteiger partial charge in [-0.2, -0.15) is 0 Å². The van der Waals surface area contributed by atoms with Crippen LogP contribution < -0.4 is 0 Å². The minimum atomic E-state index is 0.358. The van der Waals surface area contributed by atoms with Crippen LogP contribution in [0.1, 0.15) is 23.9 Å². The van der Waals surface area contributed by atoms with Crippen molar-refractivity contribution < 1.29 is 0 Å². The van der Waals surface area contributed by atoms with E-state index in [4.69, 9.17) is 4.98 Å². The average molecular weight is 397 g/mol. The number of fused-ring (bicyclic) bond motifs is 1. The Morgan fingerprint density at radius 3 is 3.04 bits per heavy atom. The molecule has 0 N–H and O–H groups in total. The Bertz CT molecular complexity index is 898. The predicted molar refractivity (Wildman–Crippen MR) is 117 cm³/mol. The number of aryl methyl sites for hydroxylation is 1. The van der Waals surface area contributed by atoms with Gasteiger partial charge in [0, 0.05) is 40.3 Å². The minimum Gasteiger partial charge on any atom is -0.300 e. The number of aliphatic imine (C=N–C) groups is 1. The van der Waals surface area contributed by atoms with Gasteiger partial charge in [0.2, 0.25) is 0 Å². The summed E-state index contributed by atoms with van der Waals surface area (Å²) in [7, 11) is 2.22. The monoisotopic (exact) mass is 396 g/mol. The zero-order chi connectivity index (χ0) is 18.8. The van der Waals surface area contributed by atoms with Gasteiger partial charge in [-0.15, -0.1) is 11.3 Å². The fourth-order valence-electron chi connectivity index (χ4n) is 3.44. The maximum Gasteiger partial charge on any atom is 0.125 e. The second kappa shape index (κ2) is 8.09. The van der Waals surface area contributed by atoms with Gasteiger partial charge in [0.05, 0.1) is 17.3 Å². The summed E-state index contributed by atoms with van der Waals surface area (Å²) < 4.78 is 0. The van der Waals surface area contributed by atoms with Gasteiger partial charge in [-0.05, 0) is 45.9 Å². The third-order valence-electron chi connectivity index (χ3n) is 5.34. The van der Waals surface area contributed by atoms with Gasteiger partial charge >= 0.3 is 0 Å². The van der Waals surface area contributed by atoms with Crippen LogP contribution in [0.5, 0.6) is 0 Å². The van der Waals surface area contributed by atoms with Crippen molar-refractivity contribution in [1.82, 2.24) is 14.9 Å². The van der Waals surface area contributed by atoms with Crippen molar-refractivity contribution >= 4 is 28.6 Å². The highest BCUT2D eigenvalue weighted by Crippen LogP contribution is 2.35. The SMILES string of the molecule is Cc1nc(-c2cccnc2)sc1CCN(C)C(C)C1=CC=C2SC=NC2C1. The molecule has 2 aromatic heterocycles. The van der Waals surface area contributed by atoms with Crippen LogP contribution >= 0.6 is 23.1 Å². The Balaban J connectivity index is 1.39. The highest BCUT2D eigenvalue weighted by Gasteiger charge is 2.25. The number of hydrogen-bond donors (Lipinski definition) is 0. The number of rotatable bonds is 6. The van der Waals surface area contributed by atoms with Crippen molar-refractivity contribution in [2.24, 2.45) is 4.99 Å². The second-order valence-corrected chi connectivity index (χ2v) is 9.08. The summed E-state index contributed by atoms with van der Waals surface area (Å²) in [6.45, 7) is 5.44. The standard InChI is InChI=1S/C21H24N4S2/c1-14-19(27-21(24-14)17-5-4-9-22-12-17)8-10-25(3)15(2)16-6-7-20-18(11-16)23-13-26-20/h4-7,9,12-13,15,18H,8,10-11H2,1-3H3. The zero-order valence-electron chi connectivity index (χ0n) is 15.9. The predicted octanol–water partition coefficient (Wildman–Crippen LogP) is 4.73. The molecule has 2 aromatic rings. The molecule has 0 bridgehead atoms. The van der Waals surface area contributed by atoms with E-state index in [1.54, 1.807) is 29.3 Å². The molecule has 4 rings (SSSR count). The first-order chi connectivity index (χ1) is 13.1.